The second-order valence-corrected chi connectivity index (χ2v) is 5.87. The second kappa shape index (κ2) is 5.93. The van der Waals surface area contributed by atoms with E-state index >= 15 is 0 Å². The summed E-state index contributed by atoms with van der Waals surface area (Å²) in [5.41, 5.74) is 2.74. The van der Waals surface area contributed by atoms with Crippen molar-refractivity contribution in [1.82, 2.24) is 5.32 Å². The molecule has 2 N–H and O–H groups in total. The third-order valence-electron chi connectivity index (χ3n) is 4.38. The van der Waals surface area contributed by atoms with Crippen LogP contribution in [-0.4, -0.2) is 31.9 Å². The molecule has 1 aliphatic rings. The summed E-state index contributed by atoms with van der Waals surface area (Å²) >= 11 is 0. The standard InChI is InChI=1S/C16H26N2O/c1-4-18(3)15-7-5-14(6-8-15)13(2)17-11-16(12-19)9-10-16/h5-8,13,17,19H,4,9-12H2,1-3H3. The van der Waals surface area contributed by atoms with Crippen LogP contribution in [-0.2, 0) is 0 Å². The van der Waals surface area contributed by atoms with E-state index < -0.39 is 0 Å². The number of nitrogens with one attached hydrogen (secondary N) is 1. The summed E-state index contributed by atoms with van der Waals surface area (Å²) in [6.45, 7) is 6.59. The minimum Gasteiger partial charge on any atom is -0.396 e. The fourth-order valence-electron chi connectivity index (χ4n) is 2.26. The minimum atomic E-state index is 0.177. The number of benzene rings is 1. The zero-order valence-electron chi connectivity index (χ0n) is 12.3. The van der Waals surface area contributed by atoms with E-state index in [-0.39, 0.29) is 5.41 Å². The molecule has 0 saturated heterocycles. The molecule has 0 aromatic heterocycles. The average Bonchev–Trinajstić information content (AvgIpc) is 3.25. The predicted molar refractivity (Wildman–Crippen MR) is 80.6 cm³/mol. The number of rotatable bonds is 7. The van der Waals surface area contributed by atoms with Crippen molar-refractivity contribution < 1.29 is 5.11 Å². The average molecular weight is 262 g/mol. The smallest absolute Gasteiger partial charge is 0.0499 e. The van der Waals surface area contributed by atoms with Crippen molar-refractivity contribution >= 4 is 5.69 Å². The van der Waals surface area contributed by atoms with Crippen molar-refractivity contribution in [2.24, 2.45) is 5.41 Å². The molecule has 1 unspecified atom stereocenters. The molecule has 3 heteroatoms. The van der Waals surface area contributed by atoms with Crippen LogP contribution in [0.3, 0.4) is 0 Å². The second-order valence-electron chi connectivity index (χ2n) is 5.87. The maximum absolute atomic E-state index is 9.32. The van der Waals surface area contributed by atoms with Crippen LogP contribution in [0.1, 0.15) is 38.3 Å². The first-order valence-corrected chi connectivity index (χ1v) is 7.25. The predicted octanol–water partition coefficient (Wildman–Crippen LogP) is 2.57. The SMILES string of the molecule is CCN(C)c1ccc(C(C)NCC2(CO)CC2)cc1. The molecule has 1 aromatic carbocycles. The fraction of sp³-hybridized carbons (Fsp3) is 0.625. The molecule has 2 rings (SSSR count). The Labute approximate surface area is 116 Å². The highest BCUT2D eigenvalue weighted by Gasteiger charge is 2.41. The Hall–Kier alpha value is -1.06. The van der Waals surface area contributed by atoms with Gasteiger partial charge in [0.25, 0.3) is 0 Å². The van der Waals surface area contributed by atoms with Gasteiger partial charge in [-0.05, 0) is 44.4 Å². The van der Waals surface area contributed by atoms with Crippen molar-refractivity contribution in [2.75, 3.05) is 31.6 Å². The molecule has 0 radical (unpaired) electrons. The first kappa shape index (κ1) is 14.4. The van der Waals surface area contributed by atoms with Gasteiger partial charge in [-0.15, -0.1) is 0 Å². The van der Waals surface area contributed by atoms with Crippen LogP contribution < -0.4 is 10.2 Å². The third kappa shape index (κ3) is 3.48. The zero-order chi connectivity index (χ0) is 13.9. The molecule has 1 atom stereocenters. The van der Waals surface area contributed by atoms with Crippen LogP contribution in [0.15, 0.2) is 24.3 Å². The lowest BCUT2D eigenvalue weighted by molar-refractivity contribution is 0.204. The summed E-state index contributed by atoms with van der Waals surface area (Å²) in [6, 6.07) is 9.08. The van der Waals surface area contributed by atoms with Gasteiger partial charge in [0.05, 0.1) is 0 Å². The van der Waals surface area contributed by atoms with E-state index in [0.29, 0.717) is 12.6 Å². The van der Waals surface area contributed by atoms with E-state index in [0.717, 1.165) is 25.9 Å². The van der Waals surface area contributed by atoms with Crippen LogP contribution in [0.4, 0.5) is 5.69 Å². The minimum absolute atomic E-state index is 0.177. The fourth-order valence-corrected chi connectivity index (χ4v) is 2.26. The van der Waals surface area contributed by atoms with Crippen molar-refractivity contribution in [3.05, 3.63) is 29.8 Å². The number of hydrogen-bond acceptors (Lipinski definition) is 3. The Morgan fingerprint density at radius 2 is 1.95 bits per heavy atom. The highest BCUT2D eigenvalue weighted by atomic mass is 16.3. The lowest BCUT2D eigenvalue weighted by Gasteiger charge is -2.21. The monoisotopic (exact) mass is 262 g/mol. The molecule has 3 nitrogen and oxygen atoms in total. The van der Waals surface area contributed by atoms with Crippen LogP contribution in [0.2, 0.25) is 0 Å². The molecule has 0 bridgehead atoms. The van der Waals surface area contributed by atoms with Crippen molar-refractivity contribution in [3.63, 3.8) is 0 Å². The summed E-state index contributed by atoms with van der Waals surface area (Å²) in [5.74, 6) is 0. The van der Waals surface area contributed by atoms with Crippen molar-refractivity contribution in [2.45, 2.75) is 32.7 Å². The van der Waals surface area contributed by atoms with E-state index in [2.05, 4.69) is 55.4 Å². The molecule has 1 fully saturated rings. The summed E-state index contributed by atoms with van der Waals surface area (Å²) < 4.78 is 0. The molecule has 106 valence electrons. The number of nitrogens with zero attached hydrogens (tertiary/aromatic N) is 1. The van der Waals surface area contributed by atoms with Crippen LogP contribution in [0.5, 0.6) is 0 Å². The molecule has 0 spiro atoms. The van der Waals surface area contributed by atoms with Gasteiger partial charge in [-0.25, -0.2) is 0 Å². The van der Waals surface area contributed by atoms with Gasteiger partial charge in [-0.1, -0.05) is 12.1 Å². The maximum atomic E-state index is 9.32. The third-order valence-corrected chi connectivity index (χ3v) is 4.38. The molecular formula is C16H26N2O. The van der Waals surface area contributed by atoms with Crippen LogP contribution in [0.25, 0.3) is 0 Å². The summed E-state index contributed by atoms with van der Waals surface area (Å²) in [7, 11) is 2.11. The zero-order valence-corrected chi connectivity index (χ0v) is 12.3. The number of hydrogen-bond donors (Lipinski definition) is 2. The Morgan fingerprint density at radius 3 is 2.42 bits per heavy atom. The molecule has 1 saturated carbocycles. The van der Waals surface area contributed by atoms with E-state index in [1.807, 2.05) is 0 Å². The largest absolute Gasteiger partial charge is 0.396 e. The van der Waals surface area contributed by atoms with Crippen LogP contribution in [0, 0.1) is 5.41 Å². The Kier molecular flexibility index (Phi) is 4.48. The topological polar surface area (TPSA) is 35.5 Å². The van der Waals surface area contributed by atoms with E-state index in [9.17, 15) is 5.11 Å². The Morgan fingerprint density at radius 1 is 1.32 bits per heavy atom. The molecule has 0 amide bonds. The Bertz CT molecular complexity index is 398. The van der Waals surface area contributed by atoms with E-state index in [1.165, 1.54) is 11.3 Å². The van der Waals surface area contributed by atoms with Gasteiger partial charge in [-0.2, -0.15) is 0 Å². The van der Waals surface area contributed by atoms with Crippen molar-refractivity contribution in [3.8, 4) is 0 Å². The summed E-state index contributed by atoms with van der Waals surface area (Å²) in [4.78, 5) is 2.23. The highest BCUT2D eigenvalue weighted by molar-refractivity contribution is 5.47. The van der Waals surface area contributed by atoms with Gasteiger partial charge in [0.1, 0.15) is 0 Å². The molecule has 19 heavy (non-hydrogen) atoms. The van der Waals surface area contributed by atoms with Gasteiger partial charge in [0.15, 0.2) is 0 Å². The van der Waals surface area contributed by atoms with Gasteiger partial charge in [0, 0.05) is 43.9 Å². The molecule has 0 heterocycles. The Balaban J connectivity index is 1.90. The highest BCUT2D eigenvalue weighted by Crippen LogP contribution is 2.44. The molecule has 0 aliphatic heterocycles. The quantitative estimate of drug-likeness (QED) is 0.793. The molecule has 1 aromatic rings. The number of aliphatic hydroxyl groups is 1. The van der Waals surface area contributed by atoms with Gasteiger partial charge in [-0.3, -0.25) is 0 Å². The summed E-state index contributed by atoms with van der Waals surface area (Å²) in [6.07, 6.45) is 2.31. The molecule has 1 aliphatic carbocycles. The first-order valence-electron chi connectivity index (χ1n) is 7.25. The molecular weight excluding hydrogens is 236 g/mol. The van der Waals surface area contributed by atoms with E-state index in [4.69, 9.17) is 0 Å². The first-order chi connectivity index (χ1) is 9.10. The van der Waals surface area contributed by atoms with E-state index in [1.54, 1.807) is 0 Å². The van der Waals surface area contributed by atoms with Gasteiger partial charge < -0.3 is 15.3 Å². The maximum Gasteiger partial charge on any atom is 0.0499 e. The van der Waals surface area contributed by atoms with Crippen LogP contribution >= 0.6 is 0 Å². The van der Waals surface area contributed by atoms with Gasteiger partial charge >= 0.3 is 0 Å². The number of anilines is 1. The van der Waals surface area contributed by atoms with Crippen molar-refractivity contribution in [1.29, 1.82) is 0 Å². The number of aliphatic hydroxyl groups excluding tert-OH is 1. The lowest BCUT2D eigenvalue weighted by Crippen LogP contribution is -2.28. The lowest BCUT2D eigenvalue weighted by atomic mass is 10.1. The van der Waals surface area contributed by atoms with Gasteiger partial charge in [0.2, 0.25) is 0 Å². The normalized spacial score (nSPS) is 18.1. The summed E-state index contributed by atoms with van der Waals surface area (Å²) in [5, 5.41) is 12.9.